The van der Waals surface area contributed by atoms with Gasteiger partial charge in [-0.25, -0.2) is 0 Å². The zero-order chi connectivity index (χ0) is 13.5. The van der Waals surface area contributed by atoms with E-state index in [0.717, 1.165) is 32.7 Å². The highest BCUT2D eigenvalue weighted by Gasteiger charge is 2.20. The predicted octanol–water partition coefficient (Wildman–Crippen LogP) is 2.86. The molecule has 0 aromatic carbocycles. The van der Waals surface area contributed by atoms with Crippen molar-refractivity contribution >= 4 is 11.3 Å². The van der Waals surface area contributed by atoms with Crippen molar-refractivity contribution < 1.29 is 4.74 Å². The molecule has 0 bridgehead atoms. The van der Waals surface area contributed by atoms with Crippen LogP contribution in [0.2, 0.25) is 0 Å². The number of nitrogens with one attached hydrogen (secondary N) is 1. The van der Waals surface area contributed by atoms with Crippen molar-refractivity contribution in [3.05, 3.63) is 21.9 Å². The average Bonchev–Trinajstić information content (AvgIpc) is 2.85. The van der Waals surface area contributed by atoms with E-state index in [4.69, 9.17) is 4.74 Å². The van der Waals surface area contributed by atoms with Gasteiger partial charge >= 0.3 is 0 Å². The van der Waals surface area contributed by atoms with Crippen molar-refractivity contribution in [2.24, 2.45) is 0 Å². The zero-order valence-electron chi connectivity index (χ0n) is 12.2. The second-order valence-electron chi connectivity index (χ2n) is 5.27. The van der Waals surface area contributed by atoms with Gasteiger partial charge in [0.2, 0.25) is 0 Å². The fraction of sp³-hybridized carbons (Fsp3) is 0.733. The van der Waals surface area contributed by atoms with Crippen LogP contribution in [0.5, 0.6) is 0 Å². The molecule has 1 saturated heterocycles. The van der Waals surface area contributed by atoms with Crippen LogP contribution in [-0.4, -0.2) is 37.7 Å². The number of rotatable bonds is 7. The number of hydrogen-bond donors (Lipinski definition) is 1. The Kier molecular flexibility index (Phi) is 6.31. The van der Waals surface area contributed by atoms with E-state index >= 15 is 0 Å². The fourth-order valence-corrected chi connectivity index (χ4v) is 3.65. The van der Waals surface area contributed by atoms with Crippen molar-refractivity contribution in [2.45, 2.75) is 45.4 Å². The minimum atomic E-state index is 0.449. The van der Waals surface area contributed by atoms with Crippen LogP contribution in [0.15, 0.2) is 12.1 Å². The summed E-state index contributed by atoms with van der Waals surface area (Å²) < 4.78 is 5.90. The van der Waals surface area contributed by atoms with Crippen LogP contribution >= 0.6 is 11.3 Å². The molecule has 19 heavy (non-hydrogen) atoms. The molecule has 0 amide bonds. The first-order valence-corrected chi connectivity index (χ1v) is 8.19. The molecule has 0 saturated carbocycles. The number of likely N-dealkylation sites (tertiary alicyclic amines) is 1. The van der Waals surface area contributed by atoms with Crippen molar-refractivity contribution in [3.8, 4) is 0 Å². The predicted molar refractivity (Wildman–Crippen MR) is 81.6 cm³/mol. The SMILES string of the molecule is CCCOC1CCCN(Cc2ccc(CNC)s2)C1. The second kappa shape index (κ2) is 8.00. The molecule has 108 valence electrons. The lowest BCUT2D eigenvalue weighted by molar-refractivity contribution is -0.00197. The third-order valence-corrected chi connectivity index (χ3v) is 4.54. The minimum absolute atomic E-state index is 0.449. The average molecular weight is 282 g/mol. The Morgan fingerprint density at radius 1 is 1.42 bits per heavy atom. The molecule has 3 nitrogen and oxygen atoms in total. The third-order valence-electron chi connectivity index (χ3n) is 3.47. The molecule has 1 fully saturated rings. The van der Waals surface area contributed by atoms with Crippen LogP contribution in [0.4, 0.5) is 0 Å². The third kappa shape index (κ3) is 4.88. The molecule has 1 aliphatic heterocycles. The van der Waals surface area contributed by atoms with E-state index in [-0.39, 0.29) is 0 Å². The van der Waals surface area contributed by atoms with E-state index in [0.29, 0.717) is 6.10 Å². The summed E-state index contributed by atoms with van der Waals surface area (Å²) in [5.41, 5.74) is 0. The highest BCUT2D eigenvalue weighted by atomic mass is 32.1. The molecular formula is C15H26N2OS. The summed E-state index contributed by atoms with van der Waals surface area (Å²) in [4.78, 5) is 5.44. The van der Waals surface area contributed by atoms with Gasteiger partial charge < -0.3 is 10.1 Å². The van der Waals surface area contributed by atoms with Crippen LogP contribution in [0, 0.1) is 0 Å². The van der Waals surface area contributed by atoms with Gasteiger partial charge in [0.15, 0.2) is 0 Å². The number of hydrogen-bond acceptors (Lipinski definition) is 4. The van der Waals surface area contributed by atoms with Crippen molar-refractivity contribution in [3.63, 3.8) is 0 Å². The number of nitrogens with zero attached hydrogens (tertiary/aromatic N) is 1. The fourth-order valence-electron chi connectivity index (χ4n) is 2.57. The van der Waals surface area contributed by atoms with Crippen molar-refractivity contribution in [2.75, 3.05) is 26.7 Å². The molecular weight excluding hydrogens is 256 g/mol. The number of piperidine rings is 1. The van der Waals surface area contributed by atoms with Crippen LogP contribution in [0.3, 0.4) is 0 Å². The largest absolute Gasteiger partial charge is 0.377 e. The van der Waals surface area contributed by atoms with Crippen LogP contribution in [0.25, 0.3) is 0 Å². The van der Waals surface area contributed by atoms with E-state index in [1.54, 1.807) is 0 Å². The summed E-state index contributed by atoms with van der Waals surface area (Å²) in [6.45, 7) is 7.46. The summed E-state index contributed by atoms with van der Waals surface area (Å²) in [6.07, 6.45) is 4.06. The maximum absolute atomic E-state index is 5.90. The standard InChI is InChI=1S/C15H26N2OS/c1-3-9-18-13-5-4-8-17(11-13)12-15-7-6-14(19-15)10-16-2/h6-7,13,16H,3-5,8-12H2,1-2H3. The molecule has 4 heteroatoms. The quantitative estimate of drug-likeness (QED) is 0.832. The van der Waals surface area contributed by atoms with Crippen LogP contribution in [-0.2, 0) is 17.8 Å². The first-order chi connectivity index (χ1) is 9.31. The maximum Gasteiger partial charge on any atom is 0.0702 e. The van der Waals surface area contributed by atoms with Gasteiger partial charge in [-0.05, 0) is 45.0 Å². The molecule has 2 heterocycles. The first-order valence-electron chi connectivity index (χ1n) is 7.38. The summed E-state index contributed by atoms with van der Waals surface area (Å²) in [7, 11) is 2.00. The molecule has 0 radical (unpaired) electrons. The Bertz CT molecular complexity index is 367. The lowest BCUT2D eigenvalue weighted by atomic mass is 10.1. The Balaban J connectivity index is 1.80. The van der Waals surface area contributed by atoms with Gasteiger partial charge in [-0.15, -0.1) is 11.3 Å². The van der Waals surface area contributed by atoms with Gasteiger partial charge in [-0.3, -0.25) is 4.90 Å². The Morgan fingerprint density at radius 3 is 3.05 bits per heavy atom. The molecule has 2 rings (SSSR count). The van der Waals surface area contributed by atoms with Gasteiger partial charge in [-0.1, -0.05) is 6.92 Å². The van der Waals surface area contributed by atoms with E-state index in [9.17, 15) is 0 Å². The first kappa shape index (κ1) is 15.0. The van der Waals surface area contributed by atoms with Crippen molar-refractivity contribution in [1.82, 2.24) is 10.2 Å². The van der Waals surface area contributed by atoms with Crippen molar-refractivity contribution in [1.29, 1.82) is 0 Å². The van der Waals surface area contributed by atoms with Crippen LogP contribution in [0.1, 0.15) is 35.9 Å². The Labute approximate surface area is 121 Å². The molecule has 1 aromatic heterocycles. The minimum Gasteiger partial charge on any atom is -0.377 e. The van der Waals surface area contributed by atoms with Crippen LogP contribution < -0.4 is 5.32 Å². The monoisotopic (exact) mass is 282 g/mol. The van der Waals surface area contributed by atoms with Gasteiger partial charge in [0.05, 0.1) is 6.10 Å². The molecule has 1 aliphatic rings. The number of ether oxygens (including phenoxy) is 1. The molecule has 0 aliphatic carbocycles. The topological polar surface area (TPSA) is 24.5 Å². The molecule has 1 unspecified atom stereocenters. The van der Waals surface area contributed by atoms with Gasteiger partial charge in [-0.2, -0.15) is 0 Å². The Hall–Kier alpha value is -0.420. The Morgan fingerprint density at radius 2 is 2.26 bits per heavy atom. The summed E-state index contributed by atoms with van der Waals surface area (Å²) in [5, 5.41) is 3.21. The summed E-state index contributed by atoms with van der Waals surface area (Å²) in [5.74, 6) is 0. The highest BCUT2D eigenvalue weighted by molar-refractivity contribution is 7.11. The molecule has 1 atom stereocenters. The van der Waals surface area contributed by atoms with Gasteiger partial charge in [0, 0.05) is 36.0 Å². The molecule has 1 N–H and O–H groups in total. The molecule has 1 aromatic rings. The van der Waals surface area contributed by atoms with Gasteiger partial charge in [0.1, 0.15) is 0 Å². The van der Waals surface area contributed by atoms with E-state index in [2.05, 4.69) is 29.3 Å². The van der Waals surface area contributed by atoms with E-state index in [1.807, 2.05) is 18.4 Å². The maximum atomic E-state index is 5.90. The van der Waals surface area contributed by atoms with E-state index in [1.165, 1.54) is 29.1 Å². The van der Waals surface area contributed by atoms with Gasteiger partial charge in [0.25, 0.3) is 0 Å². The lowest BCUT2D eigenvalue weighted by Crippen LogP contribution is -2.39. The summed E-state index contributed by atoms with van der Waals surface area (Å²) >= 11 is 1.93. The normalized spacial score (nSPS) is 20.8. The zero-order valence-corrected chi connectivity index (χ0v) is 13.0. The van der Waals surface area contributed by atoms with E-state index < -0.39 is 0 Å². The number of thiophene rings is 1. The highest BCUT2D eigenvalue weighted by Crippen LogP contribution is 2.21. The summed E-state index contributed by atoms with van der Waals surface area (Å²) in [6, 6.07) is 4.51. The second-order valence-corrected chi connectivity index (χ2v) is 6.52. The smallest absolute Gasteiger partial charge is 0.0702 e. The lowest BCUT2D eigenvalue weighted by Gasteiger charge is -2.32. The molecule has 0 spiro atoms.